The van der Waals surface area contributed by atoms with Gasteiger partial charge in [0.2, 0.25) is 0 Å². The molecule has 12 heterocycles. The van der Waals surface area contributed by atoms with E-state index in [9.17, 15) is 0 Å². The Kier molecular flexibility index (Phi) is 36.9. The van der Waals surface area contributed by atoms with Crippen LogP contribution in [-0.2, 0) is 42.3 Å². The molecule has 0 fully saturated rings. The molecule has 0 atom stereocenters. The average Bonchev–Trinajstić information content (AvgIpc) is 4.18. The number of hydrogen-bond donors (Lipinski definition) is 0. The van der Waals surface area contributed by atoms with Crippen molar-refractivity contribution in [3.63, 3.8) is 0 Å². The summed E-state index contributed by atoms with van der Waals surface area (Å²) in [6, 6.07) is 5.87. The van der Waals surface area contributed by atoms with Crippen molar-refractivity contribution in [1.29, 1.82) is 0 Å². The van der Waals surface area contributed by atoms with Gasteiger partial charge >= 0.3 is 0 Å². The van der Waals surface area contributed by atoms with E-state index in [1.807, 2.05) is 150 Å². The average molecular weight is 1090 g/mol. The van der Waals surface area contributed by atoms with Crippen molar-refractivity contribution in [3.8, 4) is 0 Å². The topological polar surface area (TPSA) is 274 Å². The summed E-state index contributed by atoms with van der Waals surface area (Å²) in [7, 11) is 10.9. The van der Waals surface area contributed by atoms with E-state index in [0.29, 0.717) is 0 Å². The third kappa shape index (κ3) is 40.4. The molecule has 0 unspecified atom stereocenters. The molecule has 12 rings (SSSR count). The van der Waals surface area contributed by atoms with Crippen LogP contribution in [0.5, 0.6) is 0 Å². The van der Waals surface area contributed by atoms with Gasteiger partial charge in [0.05, 0.1) is 41.3 Å². The Hall–Kier alpha value is -7.45. The number of imidazole rings is 1. The quantitative estimate of drug-likeness (QED) is 0.148. The molecule has 0 aliphatic carbocycles. The Balaban J connectivity index is 0.000000393. The van der Waals surface area contributed by atoms with Gasteiger partial charge in [0.25, 0.3) is 0 Å². The molecular formula is C41H59N25S6. The number of hydrogen-bond acceptors (Lipinski definition) is 25. The second-order valence-corrected chi connectivity index (χ2v) is 18.4. The molecule has 384 valence electrons. The molecule has 12 aromatic heterocycles. The Labute approximate surface area is 442 Å². The van der Waals surface area contributed by atoms with Crippen LogP contribution in [0.25, 0.3) is 0 Å². The third-order valence-electron chi connectivity index (χ3n) is 6.54. The molecule has 0 N–H and O–H groups in total. The maximum absolute atomic E-state index is 3.96. The van der Waals surface area contributed by atoms with E-state index in [2.05, 4.69) is 94.9 Å². The number of tetrazole rings is 1. The van der Waals surface area contributed by atoms with Gasteiger partial charge in [-0.3, -0.25) is 29.0 Å². The van der Waals surface area contributed by atoms with E-state index in [1.165, 1.54) is 72.0 Å². The van der Waals surface area contributed by atoms with Gasteiger partial charge in [-0.25, -0.2) is 23.4 Å². The van der Waals surface area contributed by atoms with Crippen LogP contribution in [0.4, 0.5) is 0 Å². The van der Waals surface area contributed by atoms with E-state index < -0.39 is 0 Å². The summed E-state index contributed by atoms with van der Waals surface area (Å²) in [6.45, 7) is 12.1. The molecule has 12 aromatic rings. The molecule has 0 saturated heterocycles. The van der Waals surface area contributed by atoms with Gasteiger partial charge in [-0.1, -0.05) is 5.21 Å². The Morgan fingerprint density at radius 2 is 1.32 bits per heavy atom. The predicted molar refractivity (Wildman–Crippen MR) is 285 cm³/mol. The van der Waals surface area contributed by atoms with Crippen LogP contribution in [-0.4, -0.2) is 123 Å². The van der Waals surface area contributed by atoms with E-state index in [4.69, 9.17) is 0 Å². The van der Waals surface area contributed by atoms with E-state index in [-0.39, 0.29) is 0 Å². The molecule has 0 saturated carbocycles. The Morgan fingerprint density at radius 3 is 1.49 bits per heavy atom. The molecular weight excluding hydrogens is 1040 g/mol. The number of thiazole rings is 3. The van der Waals surface area contributed by atoms with Crippen LogP contribution < -0.4 is 0 Å². The minimum atomic E-state index is 1.11. The summed E-state index contributed by atoms with van der Waals surface area (Å²) in [5.74, 6) is 0. The second kappa shape index (κ2) is 42.4. The molecule has 0 spiro atoms. The van der Waals surface area contributed by atoms with Crippen molar-refractivity contribution in [2.75, 3.05) is 0 Å². The zero-order valence-corrected chi connectivity index (χ0v) is 46.8. The molecule has 0 aliphatic heterocycles. The lowest BCUT2D eigenvalue weighted by Crippen LogP contribution is -1.91. The van der Waals surface area contributed by atoms with Crippen LogP contribution in [0.1, 0.15) is 31.7 Å². The van der Waals surface area contributed by atoms with Crippen molar-refractivity contribution >= 4 is 68.6 Å². The van der Waals surface area contributed by atoms with Crippen LogP contribution >= 0.6 is 68.6 Å². The lowest BCUT2D eigenvalue weighted by Gasteiger charge is -1.77. The maximum Gasteiger partial charge on any atom is 0.137 e. The molecule has 0 aliphatic rings. The van der Waals surface area contributed by atoms with Crippen LogP contribution in [0.3, 0.4) is 0 Å². The van der Waals surface area contributed by atoms with Gasteiger partial charge in [-0.2, -0.15) is 14.6 Å². The smallest absolute Gasteiger partial charge is 0.137 e. The summed E-state index contributed by atoms with van der Waals surface area (Å²) in [5.41, 5.74) is 7.13. The minimum Gasteiger partial charge on any atom is -0.341 e. The third-order valence-corrected chi connectivity index (χ3v) is 10.7. The first-order valence-corrected chi connectivity index (χ1v) is 25.7. The first-order valence-electron chi connectivity index (χ1n) is 20.6. The van der Waals surface area contributed by atoms with Crippen molar-refractivity contribution < 1.29 is 0 Å². The van der Waals surface area contributed by atoms with E-state index >= 15 is 0 Å². The largest absolute Gasteiger partial charge is 0.341 e. The first-order chi connectivity index (χ1) is 34.7. The highest BCUT2D eigenvalue weighted by atomic mass is 32.1. The van der Waals surface area contributed by atoms with Crippen LogP contribution in [0.2, 0.25) is 0 Å². The minimum absolute atomic E-state index is 1.11. The van der Waals surface area contributed by atoms with Gasteiger partial charge < -0.3 is 4.57 Å². The van der Waals surface area contributed by atoms with Crippen molar-refractivity contribution in [1.82, 2.24) is 123 Å². The summed E-state index contributed by atoms with van der Waals surface area (Å²) >= 11 is 9.47. The molecule has 0 amide bonds. The van der Waals surface area contributed by atoms with Crippen molar-refractivity contribution in [2.45, 2.75) is 41.5 Å². The first kappa shape index (κ1) is 62.6. The van der Waals surface area contributed by atoms with Gasteiger partial charge in [-0.05, 0) is 131 Å². The van der Waals surface area contributed by atoms with Gasteiger partial charge in [0.1, 0.15) is 19.0 Å². The SMILES string of the molecule is Cc1ccns1.Cc1ccsn1.Cc1cncs1.Cc1cnsc1.Cc1cscn1.Cc1nccs1.Cn1cccn1.Cn1ccnc1.Cn1ccnn1.Cn1cncn1.Cn1cnnn1.Cn1nnnn1. The molecule has 0 bridgehead atoms. The van der Waals surface area contributed by atoms with Gasteiger partial charge in [0.15, 0.2) is 0 Å². The second-order valence-electron chi connectivity index (χ2n) is 13.1. The number of aryl methyl sites for hydroxylation is 12. The fourth-order valence-electron chi connectivity index (χ4n) is 3.24. The molecule has 25 nitrogen and oxygen atoms in total. The Bertz CT molecular complexity index is 2030. The van der Waals surface area contributed by atoms with Gasteiger partial charge in [-0.15, -0.1) is 49.0 Å². The fourth-order valence-corrected chi connectivity index (χ4v) is 6.11. The molecule has 72 heavy (non-hydrogen) atoms. The van der Waals surface area contributed by atoms with Crippen LogP contribution in [0.15, 0.2) is 138 Å². The molecule has 0 radical (unpaired) electrons. The number of aromatic nitrogens is 25. The summed E-state index contributed by atoms with van der Waals surface area (Å²) in [6.07, 6.45) is 24.4. The Morgan fingerprint density at radius 1 is 0.514 bits per heavy atom. The van der Waals surface area contributed by atoms with Crippen molar-refractivity contribution in [3.05, 3.63) is 170 Å². The van der Waals surface area contributed by atoms with Gasteiger partial charge in [0, 0.05) is 128 Å². The maximum atomic E-state index is 3.96. The zero-order valence-electron chi connectivity index (χ0n) is 41.9. The number of rotatable bonds is 0. The van der Waals surface area contributed by atoms with Crippen molar-refractivity contribution in [2.24, 2.45) is 42.3 Å². The number of nitrogens with zero attached hydrogens (tertiary/aromatic N) is 25. The highest BCUT2D eigenvalue weighted by Gasteiger charge is 1.80. The monoisotopic (exact) mass is 1090 g/mol. The fraction of sp³-hybridized carbons (Fsp3) is 0.293. The highest BCUT2D eigenvalue weighted by Crippen LogP contribution is 2.01. The summed E-state index contributed by atoms with van der Waals surface area (Å²) in [5, 5.41) is 47.0. The van der Waals surface area contributed by atoms with Crippen LogP contribution in [0, 0.1) is 41.5 Å². The summed E-state index contributed by atoms with van der Waals surface area (Å²) < 4.78 is 20.1. The standard InChI is InChI=1S/2C4H6N2.6C4H5NS.2C3H5N3.C2H4N4.CH3N5/c1-6-3-2-5-4-6;1-6-4-2-3-5-6;1-4-2-6-3-5-4;1-4-2-5-3-6-4;1-4-2-5-6-3-4;1-4-5-2-3-6-4;1-4-2-3-6-5-4;1-4-2-3-5-6-4;1-6-3-4-2-5-6;1-6-3-2-4-5-6;1-6-2-3-4-5-6;1-6-4-2-3-5-6/h2*2-4H,1H3;8*2-3H,1H3;2H,1H3;1H3. The molecule has 31 heteroatoms. The summed E-state index contributed by atoms with van der Waals surface area (Å²) in [4.78, 5) is 23.0. The lowest BCUT2D eigenvalue weighted by atomic mass is 10.5. The lowest BCUT2D eigenvalue weighted by molar-refractivity contribution is 0.622. The van der Waals surface area contributed by atoms with E-state index in [0.717, 1.165) is 16.4 Å². The normalized spacial score (nSPS) is 8.83. The highest BCUT2D eigenvalue weighted by molar-refractivity contribution is 7.09. The van der Waals surface area contributed by atoms with E-state index in [1.54, 1.807) is 112 Å². The molecule has 0 aromatic carbocycles. The zero-order chi connectivity index (χ0) is 52.9. The predicted octanol–water partition coefficient (Wildman–Crippen LogP) is 6.99.